The molecule has 0 unspecified atom stereocenters. The number of benzene rings is 10. The molecule has 0 spiro atoms. The average Bonchev–Trinajstić information content (AvgIpc) is 1.59. The van der Waals surface area contributed by atoms with Gasteiger partial charge in [-0.15, -0.1) is 0 Å². The summed E-state index contributed by atoms with van der Waals surface area (Å²) in [5.74, 6) is 0. The predicted octanol–water partition coefficient (Wildman–Crippen LogP) is 22.5. The fourth-order valence-electron chi connectivity index (χ4n) is 12.9. The van der Waals surface area contributed by atoms with Gasteiger partial charge in [0.05, 0.1) is 90.1 Å². The zero-order chi connectivity index (χ0) is 63.7. The Balaban J connectivity index is 0.999. The van der Waals surface area contributed by atoms with Crippen molar-refractivity contribution >= 4 is 43.6 Å². The van der Waals surface area contributed by atoms with E-state index in [1.54, 1.807) is 9.13 Å². The van der Waals surface area contributed by atoms with Crippen LogP contribution in [-0.2, 0) is 12.4 Å². The summed E-state index contributed by atoms with van der Waals surface area (Å²) in [6, 6.07) is 91.7. The van der Waals surface area contributed by atoms with E-state index in [4.69, 9.17) is 19.9 Å². The van der Waals surface area contributed by atoms with Crippen molar-refractivity contribution in [3.63, 3.8) is 0 Å². The van der Waals surface area contributed by atoms with E-state index in [-0.39, 0.29) is 22.5 Å². The van der Waals surface area contributed by atoms with Crippen LogP contribution in [0.1, 0.15) is 11.1 Å². The van der Waals surface area contributed by atoms with Gasteiger partial charge in [0.25, 0.3) is 0 Å². The van der Waals surface area contributed by atoms with Crippen LogP contribution in [0, 0.1) is 0 Å². The average molecular weight is 1230 g/mol. The van der Waals surface area contributed by atoms with E-state index in [0.717, 1.165) is 40.5 Å². The second-order valence-corrected chi connectivity index (χ2v) is 23.2. The van der Waals surface area contributed by atoms with E-state index < -0.39 is 23.5 Å². The lowest BCUT2D eigenvalue weighted by molar-refractivity contribution is -0.138. The molecule has 0 aliphatic rings. The Morgan fingerprint density at radius 1 is 0.223 bits per heavy atom. The molecular weight excluding hydrogens is 1180 g/mol. The largest absolute Gasteiger partial charge is 0.418 e. The number of rotatable bonds is 11. The number of hydrogen-bond acceptors (Lipinski definition) is 4. The van der Waals surface area contributed by atoms with Crippen LogP contribution in [0.3, 0.4) is 0 Å². The van der Waals surface area contributed by atoms with Crippen LogP contribution < -0.4 is 0 Å². The molecule has 0 N–H and O–H groups in total. The first-order chi connectivity index (χ1) is 45.8. The van der Waals surface area contributed by atoms with E-state index in [1.165, 1.54) is 18.2 Å². The maximum absolute atomic E-state index is 17.3. The number of hydrogen-bond donors (Lipinski definition) is 0. The van der Waals surface area contributed by atoms with Crippen molar-refractivity contribution in [1.82, 2.24) is 29.1 Å². The van der Waals surface area contributed by atoms with Crippen molar-refractivity contribution in [2.45, 2.75) is 12.4 Å². The Labute approximate surface area is 535 Å². The van der Waals surface area contributed by atoms with Crippen molar-refractivity contribution in [3.05, 3.63) is 314 Å². The third kappa shape index (κ3) is 10.5. The molecule has 6 aromatic heterocycles. The minimum atomic E-state index is -5.08. The minimum absolute atomic E-state index is 0.0207. The molecule has 0 saturated carbocycles. The van der Waals surface area contributed by atoms with E-state index in [2.05, 4.69) is 0 Å². The van der Waals surface area contributed by atoms with Gasteiger partial charge in [-0.3, -0.25) is 0 Å². The van der Waals surface area contributed by atoms with Crippen molar-refractivity contribution in [3.8, 4) is 113 Å². The molecule has 0 saturated heterocycles. The standard InChI is InChI=1S/C82H50F6N6/c83-81(84,85)60-27-13-26-55(44-60)65-49-80(94-77-47-58(73-34-16-30-69(91-73)53-22-9-3-10-23-53)38-42-63(77)64-43-39-59(48-78(64)94)74-35-17-31-70(92-74)54-24-11-4-12-25-54)66(82(86,87)88)50-79(65)93-75-45-56(71-32-14-28-67(89-71)51-18-5-1-6-19-51)36-40-61(75)62-41-37-57(46-76(62)93)72-33-15-29-68(90-72)52-20-7-2-8-21-52/h1-50H. The lowest BCUT2D eigenvalue weighted by atomic mass is 9.97. The molecule has 0 fully saturated rings. The van der Waals surface area contributed by atoms with E-state index in [0.29, 0.717) is 111 Å². The SMILES string of the molecule is FC(F)(F)c1cccc(-c2cc(-n3c4cc(-c5cccc(-c6ccccc6)n5)ccc4c4ccc(-c5cccc(-c6ccccc6)n5)cc43)c(C(F)(F)F)cc2-n2c3cc(-c4cccc(-c5ccccc5)n4)ccc3c3ccc(-c4cccc(-c5ccccc5)n4)cc32)c1. The minimum Gasteiger partial charge on any atom is -0.309 e. The van der Waals surface area contributed by atoms with Crippen LogP contribution in [0.25, 0.3) is 156 Å². The molecule has 0 amide bonds. The highest BCUT2D eigenvalue weighted by molar-refractivity contribution is 6.13. The summed E-state index contributed by atoms with van der Waals surface area (Å²) in [7, 11) is 0. The number of nitrogens with zero attached hydrogens (tertiary/aromatic N) is 6. The topological polar surface area (TPSA) is 61.4 Å². The summed E-state index contributed by atoms with van der Waals surface area (Å²) in [6.45, 7) is 0. The number of pyridine rings is 4. The summed E-state index contributed by atoms with van der Waals surface area (Å²) in [5.41, 5.74) is 10.8. The van der Waals surface area contributed by atoms with Gasteiger partial charge in [0.1, 0.15) is 0 Å². The van der Waals surface area contributed by atoms with Gasteiger partial charge in [0, 0.05) is 71.6 Å². The summed E-state index contributed by atoms with van der Waals surface area (Å²) in [6.07, 6.45) is -9.90. The Bertz CT molecular complexity index is 5310. The highest BCUT2D eigenvalue weighted by Gasteiger charge is 2.38. The first-order valence-electron chi connectivity index (χ1n) is 30.6. The molecule has 16 aromatic rings. The zero-order valence-corrected chi connectivity index (χ0v) is 49.8. The number of alkyl halides is 6. The molecule has 10 aromatic carbocycles. The molecule has 12 heteroatoms. The fraction of sp³-hybridized carbons (Fsp3) is 0.0244. The highest BCUT2D eigenvalue weighted by Crippen LogP contribution is 2.48. The van der Waals surface area contributed by atoms with Gasteiger partial charge in [-0.1, -0.05) is 206 Å². The van der Waals surface area contributed by atoms with E-state index >= 15 is 26.3 Å². The molecule has 6 nitrogen and oxygen atoms in total. The van der Waals surface area contributed by atoms with Crippen molar-refractivity contribution in [1.29, 1.82) is 0 Å². The van der Waals surface area contributed by atoms with Gasteiger partial charge < -0.3 is 9.13 Å². The van der Waals surface area contributed by atoms with Crippen LogP contribution in [0.2, 0.25) is 0 Å². The predicted molar refractivity (Wildman–Crippen MR) is 365 cm³/mol. The number of halogens is 6. The Kier molecular flexibility index (Phi) is 14.0. The molecule has 0 bridgehead atoms. The molecule has 94 heavy (non-hydrogen) atoms. The van der Waals surface area contributed by atoms with Gasteiger partial charge in [-0.2, -0.15) is 26.3 Å². The van der Waals surface area contributed by atoms with Crippen molar-refractivity contribution in [2.75, 3.05) is 0 Å². The third-order valence-electron chi connectivity index (χ3n) is 17.4. The number of aromatic nitrogens is 6. The summed E-state index contributed by atoms with van der Waals surface area (Å²) >= 11 is 0. The van der Waals surface area contributed by atoms with Crippen LogP contribution >= 0.6 is 0 Å². The van der Waals surface area contributed by atoms with Gasteiger partial charge in [-0.05, 0) is 103 Å². The molecular formula is C82H50F6N6. The molecule has 6 heterocycles. The normalized spacial score (nSPS) is 11.9. The monoisotopic (exact) mass is 1230 g/mol. The van der Waals surface area contributed by atoms with E-state index in [1.807, 2.05) is 267 Å². The Morgan fingerprint density at radius 3 is 0.819 bits per heavy atom. The lowest BCUT2D eigenvalue weighted by Gasteiger charge is -2.23. The Hall–Kier alpha value is -12.0. The van der Waals surface area contributed by atoms with Crippen LogP contribution in [0.4, 0.5) is 26.3 Å². The van der Waals surface area contributed by atoms with Gasteiger partial charge in [0.15, 0.2) is 0 Å². The zero-order valence-electron chi connectivity index (χ0n) is 49.8. The second kappa shape index (κ2) is 23.0. The molecule has 0 radical (unpaired) electrons. The number of fused-ring (bicyclic) bond motifs is 6. The summed E-state index contributed by atoms with van der Waals surface area (Å²) in [4.78, 5) is 20.4. The van der Waals surface area contributed by atoms with Crippen molar-refractivity contribution < 1.29 is 26.3 Å². The van der Waals surface area contributed by atoms with Gasteiger partial charge in [-0.25, -0.2) is 19.9 Å². The first-order valence-corrected chi connectivity index (χ1v) is 30.6. The fourth-order valence-corrected chi connectivity index (χ4v) is 12.9. The van der Waals surface area contributed by atoms with Crippen LogP contribution in [0.15, 0.2) is 303 Å². The van der Waals surface area contributed by atoms with Crippen LogP contribution in [-0.4, -0.2) is 29.1 Å². The lowest BCUT2D eigenvalue weighted by Crippen LogP contribution is -2.13. The summed E-state index contributed by atoms with van der Waals surface area (Å²) in [5, 5.41) is 2.62. The molecule has 0 aliphatic carbocycles. The molecule has 16 rings (SSSR count). The van der Waals surface area contributed by atoms with Gasteiger partial charge in [0.2, 0.25) is 0 Å². The Morgan fingerprint density at radius 2 is 0.511 bits per heavy atom. The molecule has 0 atom stereocenters. The van der Waals surface area contributed by atoms with E-state index in [9.17, 15) is 0 Å². The smallest absolute Gasteiger partial charge is 0.309 e. The first kappa shape index (κ1) is 57.2. The maximum Gasteiger partial charge on any atom is 0.418 e. The van der Waals surface area contributed by atoms with Gasteiger partial charge >= 0.3 is 12.4 Å². The molecule has 450 valence electrons. The van der Waals surface area contributed by atoms with Crippen molar-refractivity contribution in [2.24, 2.45) is 0 Å². The second-order valence-electron chi connectivity index (χ2n) is 23.2. The highest BCUT2D eigenvalue weighted by atomic mass is 19.4. The third-order valence-corrected chi connectivity index (χ3v) is 17.4. The van der Waals surface area contributed by atoms with Crippen LogP contribution in [0.5, 0.6) is 0 Å². The molecule has 0 aliphatic heterocycles. The quantitative estimate of drug-likeness (QED) is 0.121. The summed E-state index contributed by atoms with van der Waals surface area (Å²) < 4.78 is 101. The maximum atomic E-state index is 17.3.